The molecular weight excluding hydrogens is 376 g/mol. The van der Waals surface area contributed by atoms with E-state index < -0.39 is 0 Å². The van der Waals surface area contributed by atoms with Gasteiger partial charge in [-0.25, -0.2) is 4.98 Å². The quantitative estimate of drug-likeness (QED) is 0.463. The van der Waals surface area contributed by atoms with Crippen molar-refractivity contribution in [2.24, 2.45) is 0 Å². The van der Waals surface area contributed by atoms with Gasteiger partial charge in [-0.1, -0.05) is 72.0 Å². The van der Waals surface area contributed by atoms with Crippen LogP contribution in [0.2, 0.25) is 0 Å². The first kappa shape index (κ1) is 19.2. The number of hydrogen-bond donors (Lipinski definition) is 1. The number of methoxy groups -OCH3 is 1. The molecule has 1 atom stereocenters. The van der Waals surface area contributed by atoms with Crippen molar-refractivity contribution in [3.63, 3.8) is 0 Å². The highest BCUT2D eigenvalue weighted by Crippen LogP contribution is 2.30. The van der Waals surface area contributed by atoms with Gasteiger partial charge < -0.3 is 4.74 Å². The van der Waals surface area contributed by atoms with Gasteiger partial charge in [0.15, 0.2) is 0 Å². The molecule has 3 aromatic carbocycles. The highest BCUT2D eigenvalue weighted by molar-refractivity contribution is 7.13. The van der Waals surface area contributed by atoms with E-state index in [2.05, 4.69) is 78.0 Å². The molecule has 0 spiro atoms. The molecule has 0 radical (unpaired) electrons. The van der Waals surface area contributed by atoms with Crippen LogP contribution in [0.1, 0.15) is 28.3 Å². The molecule has 0 bridgehead atoms. The van der Waals surface area contributed by atoms with Crippen LogP contribution in [0.15, 0.2) is 78.2 Å². The maximum atomic E-state index is 5.97. The van der Waals surface area contributed by atoms with E-state index in [1.807, 2.05) is 12.1 Å². The van der Waals surface area contributed by atoms with Crippen molar-refractivity contribution >= 4 is 16.5 Å². The highest BCUT2D eigenvalue weighted by atomic mass is 32.1. The summed E-state index contributed by atoms with van der Waals surface area (Å²) in [5.74, 6) is 1.07. The zero-order valence-corrected chi connectivity index (χ0v) is 17.5. The van der Waals surface area contributed by atoms with E-state index in [9.17, 15) is 0 Å². The average Bonchev–Trinajstić information content (AvgIpc) is 3.19. The lowest BCUT2D eigenvalue weighted by atomic mass is 9.89. The second-order valence-electron chi connectivity index (χ2n) is 7.22. The van der Waals surface area contributed by atoms with Crippen LogP contribution in [-0.2, 0) is 6.42 Å². The lowest BCUT2D eigenvalue weighted by Crippen LogP contribution is -2.17. The summed E-state index contributed by atoms with van der Waals surface area (Å²) in [6.45, 7) is 2.15. The number of nitrogen functional groups attached to an aromatic ring is 1. The van der Waals surface area contributed by atoms with E-state index in [0.29, 0.717) is 0 Å². The minimum atomic E-state index is 0.207. The van der Waals surface area contributed by atoms with Crippen LogP contribution in [0.5, 0.6) is 5.75 Å². The van der Waals surface area contributed by atoms with E-state index in [1.54, 1.807) is 18.4 Å². The van der Waals surface area contributed by atoms with Crippen LogP contribution in [-0.4, -0.2) is 7.11 Å². The summed E-state index contributed by atoms with van der Waals surface area (Å²) in [6, 6.07) is 25.7. The maximum Gasteiger partial charge on any atom is 0.329 e. The monoisotopic (exact) mass is 401 g/mol. The van der Waals surface area contributed by atoms with E-state index in [-0.39, 0.29) is 5.92 Å². The second kappa shape index (κ2) is 8.50. The molecule has 1 heterocycles. The fourth-order valence-electron chi connectivity index (χ4n) is 3.69. The number of aromatic nitrogens is 1. The molecule has 4 rings (SSSR count). The van der Waals surface area contributed by atoms with E-state index in [0.717, 1.165) is 23.0 Å². The predicted octanol–water partition coefficient (Wildman–Crippen LogP) is 5.50. The molecule has 29 heavy (non-hydrogen) atoms. The normalized spacial score (nSPS) is 11.9. The van der Waals surface area contributed by atoms with Crippen LogP contribution in [0.25, 0.3) is 11.1 Å². The molecule has 0 fully saturated rings. The minimum absolute atomic E-state index is 0.207. The van der Waals surface area contributed by atoms with Crippen LogP contribution in [0.3, 0.4) is 0 Å². The Hall–Kier alpha value is -3.11. The lowest BCUT2D eigenvalue weighted by molar-refractivity contribution is -0.368. The van der Waals surface area contributed by atoms with Crippen molar-refractivity contribution in [1.29, 1.82) is 0 Å². The van der Waals surface area contributed by atoms with Gasteiger partial charge in [0.2, 0.25) is 0 Å². The number of ether oxygens (including phenoxy) is 1. The Morgan fingerprint density at radius 1 is 0.966 bits per heavy atom. The zero-order valence-electron chi connectivity index (χ0n) is 16.7. The van der Waals surface area contributed by atoms with Gasteiger partial charge in [0.05, 0.1) is 13.0 Å². The first-order valence-electron chi connectivity index (χ1n) is 9.69. The number of aromatic amines is 1. The van der Waals surface area contributed by atoms with Gasteiger partial charge in [0.25, 0.3) is 0 Å². The summed E-state index contributed by atoms with van der Waals surface area (Å²) in [7, 11) is 1.69. The molecule has 0 saturated carbocycles. The number of anilines is 1. The molecule has 3 nitrogen and oxygen atoms in total. The first-order chi connectivity index (χ1) is 14.1. The third-order valence-electron chi connectivity index (χ3n) is 5.32. The Morgan fingerprint density at radius 3 is 2.31 bits per heavy atom. The molecule has 4 aromatic rings. The molecule has 0 saturated heterocycles. The molecule has 4 heteroatoms. The lowest BCUT2D eigenvalue weighted by Gasteiger charge is -2.15. The van der Waals surface area contributed by atoms with Gasteiger partial charge in [-0.15, -0.1) is 0 Å². The number of nitrogens with two attached hydrogens (primary N) is 1. The molecule has 1 aromatic heterocycles. The van der Waals surface area contributed by atoms with E-state index in [4.69, 9.17) is 10.5 Å². The maximum absolute atomic E-state index is 5.97. The summed E-state index contributed by atoms with van der Waals surface area (Å²) >= 11 is 1.54. The summed E-state index contributed by atoms with van der Waals surface area (Å²) in [5, 5.41) is 2.85. The number of nitrogens with one attached hydrogen (secondary N) is 1. The Kier molecular flexibility index (Phi) is 5.63. The fourth-order valence-corrected chi connectivity index (χ4v) is 4.35. The Labute approximate surface area is 175 Å². The summed E-state index contributed by atoms with van der Waals surface area (Å²) in [4.78, 5) is 3.33. The van der Waals surface area contributed by atoms with E-state index >= 15 is 0 Å². The van der Waals surface area contributed by atoms with Crippen LogP contribution < -0.4 is 15.5 Å². The van der Waals surface area contributed by atoms with Gasteiger partial charge in [0, 0.05) is 5.38 Å². The van der Waals surface area contributed by atoms with Crippen LogP contribution in [0, 0.1) is 6.92 Å². The minimum Gasteiger partial charge on any atom is -0.497 e. The van der Waals surface area contributed by atoms with Gasteiger partial charge in [0.1, 0.15) is 11.4 Å². The summed E-state index contributed by atoms with van der Waals surface area (Å²) in [6.07, 6.45) is 0.896. The molecule has 3 N–H and O–H groups in total. The Bertz CT molecular complexity index is 1080. The van der Waals surface area contributed by atoms with Crippen molar-refractivity contribution in [1.82, 2.24) is 0 Å². The van der Waals surface area contributed by atoms with Crippen molar-refractivity contribution in [3.05, 3.63) is 101 Å². The average molecular weight is 402 g/mol. The Balaban J connectivity index is 1.63. The number of benzene rings is 3. The number of rotatable bonds is 6. The molecule has 1 unspecified atom stereocenters. The molecule has 0 aliphatic carbocycles. The van der Waals surface area contributed by atoms with Crippen molar-refractivity contribution in [2.45, 2.75) is 19.3 Å². The largest absolute Gasteiger partial charge is 0.497 e. The molecule has 0 aliphatic heterocycles. The molecule has 0 aliphatic rings. The van der Waals surface area contributed by atoms with Gasteiger partial charge >= 0.3 is 5.13 Å². The summed E-state index contributed by atoms with van der Waals surface area (Å²) < 4.78 is 5.32. The Morgan fingerprint density at radius 2 is 1.69 bits per heavy atom. The second-order valence-corrected chi connectivity index (χ2v) is 8.13. The van der Waals surface area contributed by atoms with Gasteiger partial charge in [-0.3, -0.25) is 5.73 Å². The standard InChI is InChI=1S/C25H24N2OS/c1-17-5-3-4-6-22(17)19-9-7-18(8-10-19)15-23(24-16-29-25(26)27-24)20-11-13-21(28-2)14-12-20/h3-14,16,23H,15H2,1-2H3,(H2,26,27)/p+1. The molecular formula is C25H25N2OS+. The number of H-pyrrole nitrogens is 1. The molecule has 0 amide bonds. The van der Waals surface area contributed by atoms with E-state index in [1.165, 1.54) is 27.8 Å². The van der Waals surface area contributed by atoms with Gasteiger partial charge in [-0.2, -0.15) is 0 Å². The van der Waals surface area contributed by atoms with Crippen molar-refractivity contribution < 1.29 is 9.72 Å². The third kappa shape index (κ3) is 4.33. The first-order valence-corrected chi connectivity index (χ1v) is 10.6. The van der Waals surface area contributed by atoms with Crippen molar-refractivity contribution in [3.8, 4) is 16.9 Å². The third-order valence-corrected chi connectivity index (χ3v) is 6.05. The predicted molar refractivity (Wildman–Crippen MR) is 120 cm³/mol. The molecule has 146 valence electrons. The van der Waals surface area contributed by atoms with Crippen LogP contribution >= 0.6 is 11.3 Å². The van der Waals surface area contributed by atoms with Crippen molar-refractivity contribution in [2.75, 3.05) is 12.8 Å². The SMILES string of the molecule is COc1ccc(C(Cc2ccc(-c3ccccc3C)cc2)c2csc(N)[nH+]2)cc1. The smallest absolute Gasteiger partial charge is 0.329 e. The van der Waals surface area contributed by atoms with Crippen LogP contribution in [0.4, 0.5) is 5.13 Å². The zero-order chi connectivity index (χ0) is 20.2. The number of thiazole rings is 1. The number of hydrogen-bond acceptors (Lipinski definition) is 3. The van der Waals surface area contributed by atoms with Gasteiger partial charge in [-0.05, 0) is 53.3 Å². The summed E-state index contributed by atoms with van der Waals surface area (Å²) in [5.41, 5.74) is 13.5. The topological polar surface area (TPSA) is 49.4 Å². The number of aryl methyl sites for hydroxylation is 1. The highest BCUT2D eigenvalue weighted by Gasteiger charge is 2.20. The fraction of sp³-hybridized carbons (Fsp3) is 0.160.